The summed E-state index contributed by atoms with van der Waals surface area (Å²) in [6.07, 6.45) is 3.19. The Balaban J connectivity index is 1.94. The highest BCUT2D eigenvalue weighted by atomic mass is 32.1. The van der Waals surface area contributed by atoms with E-state index in [1.54, 1.807) is 7.05 Å². The second kappa shape index (κ2) is 6.49. The highest BCUT2D eigenvalue weighted by Gasteiger charge is 2.38. The monoisotopic (exact) mass is 298 g/mol. The Morgan fingerprint density at radius 3 is 2.95 bits per heavy atom. The van der Waals surface area contributed by atoms with Crippen LogP contribution in [0, 0.1) is 5.41 Å². The molecule has 1 aliphatic rings. The molecule has 1 aromatic heterocycles. The zero-order valence-electron chi connectivity index (χ0n) is 12.1. The summed E-state index contributed by atoms with van der Waals surface area (Å²) in [6, 6.07) is 0. The topological polar surface area (TPSA) is 78.3 Å². The van der Waals surface area contributed by atoms with Gasteiger partial charge < -0.3 is 15.3 Å². The fourth-order valence-electron chi connectivity index (χ4n) is 2.76. The van der Waals surface area contributed by atoms with Crippen molar-refractivity contribution in [2.45, 2.75) is 32.6 Å². The summed E-state index contributed by atoms with van der Waals surface area (Å²) in [4.78, 5) is 14.1. The number of nitrogens with zero attached hydrogens (tertiary/aromatic N) is 3. The lowest BCUT2D eigenvalue weighted by Crippen LogP contribution is -2.34. The van der Waals surface area contributed by atoms with Crippen molar-refractivity contribution in [1.29, 1.82) is 0 Å². The maximum absolute atomic E-state index is 12.3. The molecule has 2 N–H and O–H groups in total. The van der Waals surface area contributed by atoms with E-state index in [-0.39, 0.29) is 17.9 Å². The Kier molecular flexibility index (Phi) is 4.93. The number of amides is 1. The van der Waals surface area contributed by atoms with Crippen molar-refractivity contribution in [3.05, 3.63) is 5.01 Å². The number of aliphatic hydroxyl groups is 1. The number of hydrogen-bond acceptors (Lipinski definition) is 6. The Hall–Kier alpha value is -1.21. The average Bonchev–Trinajstić information content (AvgIpc) is 3.06. The zero-order chi connectivity index (χ0) is 14.6. The van der Waals surface area contributed by atoms with Crippen molar-refractivity contribution in [2.24, 2.45) is 5.41 Å². The number of anilines is 1. The lowest BCUT2D eigenvalue weighted by molar-refractivity contribution is -0.130. The van der Waals surface area contributed by atoms with Gasteiger partial charge in [0.15, 0.2) is 0 Å². The number of carbonyl (C=O) groups excluding carboxylic acids is 1. The molecule has 2 rings (SSSR count). The van der Waals surface area contributed by atoms with Crippen LogP contribution < -0.4 is 5.32 Å². The Bertz CT molecular complexity index is 465. The number of hydrogen-bond donors (Lipinski definition) is 2. The Morgan fingerprint density at radius 2 is 2.35 bits per heavy atom. The average molecular weight is 298 g/mol. The van der Waals surface area contributed by atoms with E-state index in [1.807, 2.05) is 4.90 Å². The van der Waals surface area contributed by atoms with Gasteiger partial charge in [-0.25, -0.2) is 0 Å². The maximum atomic E-state index is 12.3. The van der Waals surface area contributed by atoms with E-state index in [1.165, 1.54) is 11.3 Å². The van der Waals surface area contributed by atoms with E-state index >= 15 is 0 Å². The second-order valence-corrected chi connectivity index (χ2v) is 6.46. The van der Waals surface area contributed by atoms with Crippen LogP contribution in [0.1, 0.15) is 31.2 Å². The van der Waals surface area contributed by atoms with Crippen molar-refractivity contribution in [3.8, 4) is 0 Å². The molecule has 0 aromatic carbocycles. The van der Waals surface area contributed by atoms with E-state index in [4.69, 9.17) is 0 Å². The van der Waals surface area contributed by atoms with E-state index in [2.05, 4.69) is 22.4 Å². The number of carbonyl (C=O) groups is 1. The summed E-state index contributed by atoms with van der Waals surface area (Å²) >= 11 is 1.41. The maximum Gasteiger partial charge on any atom is 0.229 e. The van der Waals surface area contributed by atoms with E-state index in [9.17, 15) is 9.90 Å². The molecule has 20 heavy (non-hydrogen) atoms. The minimum atomic E-state index is -0.0956. The molecule has 0 spiro atoms. The first-order valence-electron chi connectivity index (χ1n) is 7.01. The van der Waals surface area contributed by atoms with Crippen molar-refractivity contribution in [2.75, 3.05) is 32.1 Å². The molecule has 1 fully saturated rings. The molecule has 7 heteroatoms. The smallest absolute Gasteiger partial charge is 0.229 e. The van der Waals surface area contributed by atoms with Gasteiger partial charge in [-0.05, 0) is 12.8 Å². The van der Waals surface area contributed by atoms with Crippen LogP contribution in [0.3, 0.4) is 0 Å². The van der Waals surface area contributed by atoms with Crippen LogP contribution in [0.2, 0.25) is 0 Å². The van der Waals surface area contributed by atoms with Crippen LogP contribution >= 0.6 is 11.3 Å². The minimum absolute atomic E-state index is 0.0789. The summed E-state index contributed by atoms with van der Waals surface area (Å²) in [5, 5.41) is 21.9. The molecule has 1 aliphatic heterocycles. The summed E-state index contributed by atoms with van der Waals surface area (Å²) in [7, 11) is 1.78. The van der Waals surface area contributed by atoms with Gasteiger partial charge >= 0.3 is 0 Å². The third-order valence-corrected chi connectivity index (χ3v) is 4.83. The number of nitrogens with one attached hydrogen (secondary N) is 1. The summed E-state index contributed by atoms with van der Waals surface area (Å²) < 4.78 is 0. The number of likely N-dealkylation sites (tertiary alicyclic amines) is 1. The Labute approximate surface area is 123 Å². The fourth-order valence-corrected chi connectivity index (χ4v) is 3.44. The highest BCUT2D eigenvalue weighted by molar-refractivity contribution is 7.15. The summed E-state index contributed by atoms with van der Waals surface area (Å²) in [6.45, 7) is 3.67. The molecule has 0 radical (unpaired) electrons. The van der Waals surface area contributed by atoms with Gasteiger partial charge in [-0.2, -0.15) is 0 Å². The molecule has 1 unspecified atom stereocenters. The number of aliphatic hydroxyl groups excluding tert-OH is 1. The van der Waals surface area contributed by atoms with Gasteiger partial charge in [-0.1, -0.05) is 24.7 Å². The van der Waals surface area contributed by atoms with Gasteiger partial charge in [0.2, 0.25) is 11.0 Å². The quantitative estimate of drug-likeness (QED) is 0.823. The molecule has 0 bridgehead atoms. The molecule has 2 heterocycles. The first kappa shape index (κ1) is 15.2. The molecule has 1 amide bonds. The first-order chi connectivity index (χ1) is 9.62. The normalized spacial score (nSPS) is 22.2. The van der Waals surface area contributed by atoms with Crippen LogP contribution in [-0.4, -0.2) is 52.9 Å². The lowest BCUT2D eigenvalue weighted by Gasteiger charge is -2.26. The Morgan fingerprint density at radius 1 is 1.55 bits per heavy atom. The van der Waals surface area contributed by atoms with Crippen molar-refractivity contribution >= 4 is 22.4 Å². The number of rotatable bonds is 6. The molecule has 1 saturated heterocycles. The van der Waals surface area contributed by atoms with Crippen LogP contribution in [0.25, 0.3) is 0 Å². The fraction of sp³-hybridized carbons (Fsp3) is 0.769. The second-order valence-electron chi connectivity index (χ2n) is 5.40. The standard InChI is InChI=1S/C13H22N4O2S/c1-3-4-13(9-18)5-6-17(8-13)11(19)7-10-15-16-12(14-2)20-10/h18H,3-9H2,1-2H3,(H,14,16). The third-order valence-electron chi connectivity index (χ3n) is 3.89. The first-order valence-corrected chi connectivity index (χ1v) is 7.83. The molecular formula is C13H22N4O2S. The van der Waals surface area contributed by atoms with Crippen LogP contribution in [0.5, 0.6) is 0 Å². The summed E-state index contributed by atoms with van der Waals surface area (Å²) in [5.41, 5.74) is -0.0956. The minimum Gasteiger partial charge on any atom is -0.396 e. The highest BCUT2D eigenvalue weighted by Crippen LogP contribution is 2.35. The predicted octanol–water partition coefficient (Wildman–Crippen LogP) is 1.13. The molecule has 6 nitrogen and oxygen atoms in total. The molecule has 112 valence electrons. The molecule has 1 aromatic rings. The number of aromatic nitrogens is 2. The van der Waals surface area contributed by atoms with Gasteiger partial charge in [-0.15, -0.1) is 10.2 Å². The van der Waals surface area contributed by atoms with Crippen molar-refractivity contribution in [1.82, 2.24) is 15.1 Å². The van der Waals surface area contributed by atoms with Gasteiger partial charge in [0, 0.05) is 25.6 Å². The molecule has 0 aliphatic carbocycles. The van der Waals surface area contributed by atoms with E-state index in [0.717, 1.165) is 35.9 Å². The SMILES string of the molecule is CCCC1(CO)CCN(C(=O)Cc2nnc(NC)s2)C1. The van der Waals surface area contributed by atoms with Gasteiger partial charge in [-0.3, -0.25) is 4.79 Å². The largest absolute Gasteiger partial charge is 0.396 e. The zero-order valence-corrected chi connectivity index (χ0v) is 12.9. The molecular weight excluding hydrogens is 276 g/mol. The van der Waals surface area contributed by atoms with Crippen LogP contribution in [-0.2, 0) is 11.2 Å². The molecule has 0 saturated carbocycles. The third kappa shape index (κ3) is 3.27. The predicted molar refractivity (Wildman–Crippen MR) is 78.8 cm³/mol. The van der Waals surface area contributed by atoms with Crippen molar-refractivity contribution in [3.63, 3.8) is 0 Å². The lowest BCUT2D eigenvalue weighted by atomic mass is 9.83. The van der Waals surface area contributed by atoms with Gasteiger partial charge in [0.25, 0.3) is 0 Å². The van der Waals surface area contributed by atoms with E-state index < -0.39 is 0 Å². The van der Waals surface area contributed by atoms with Crippen LogP contribution in [0.15, 0.2) is 0 Å². The molecule has 1 atom stereocenters. The van der Waals surface area contributed by atoms with Crippen LogP contribution in [0.4, 0.5) is 5.13 Å². The van der Waals surface area contributed by atoms with Gasteiger partial charge in [0.1, 0.15) is 5.01 Å². The van der Waals surface area contributed by atoms with Crippen molar-refractivity contribution < 1.29 is 9.90 Å². The summed E-state index contributed by atoms with van der Waals surface area (Å²) in [5.74, 6) is 0.0789. The van der Waals surface area contributed by atoms with E-state index in [0.29, 0.717) is 13.0 Å². The van der Waals surface area contributed by atoms with Gasteiger partial charge in [0.05, 0.1) is 13.0 Å².